The molecule has 0 saturated heterocycles. The number of Topliss-reactive ketones (excluding diaryl/α,β-unsaturated/α-hetero) is 1. The van der Waals surface area contributed by atoms with Gasteiger partial charge in [0.1, 0.15) is 0 Å². The van der Waals surface area contributed by atoms with Gasteiger partial charge in [0.25, 0.3) is 5.56 Å². The van der Waals surface area contributed by atoms with Crippen LogP contribution in [0.3, 0.4) is 0 Å². The topological polar surface area (TPSA) is 52.0 Å². The van der Waals surface area contributed by atoms with E-state index in [1.807, 2.05) is 13.8 Å². The second-order valence-corrected chi connectivity index (χ2v) is 3.16. The van der Waals surface area contributed by atoms with Gasteiger partial charge in [-0.2, -0.15) is 0 Å². The van der Waals surface area contributed by atoms with Crippen LogP contribution in [0, 0.1) is 5.92 Å². The van der Waals surface area contributed by atoms with Crippen molar-refractivity contribution < 1.29 is 4.79 Å². The van der Waals surface area contributed by atoms with Gasteiger partial charge in [0.15, 0.2) is 5.78 Å². The van der Waals surface area contributed by atoms with Crippen LogP contribution >= 0.6 is 0 Å². The van der Waals surface area contributed by atoms with E-state index in [2.05, 4.69) is 4.98 Å². The molecule has 0 aliphatic heterocycles. The highest BCUT2D eigenvalue weighted by Crippen LogP contribution is 1.95. The molecule has 0 spiro atoms. The van der Waals surface area contributed by atoms with Crippen LogP contribution in [-0.4, -0.2) is 15.3 Å². The Kier molecular flexibility index (Phi) is 2.95. The molecule has 0 fully saturated rings. The first-order chi connectivity index (χ1) is 6.11. The maximum atomic E-state index is 11.3. The van der Waals surface area contributed by atoms with Gasteiger partial charge in [0.05, 0.1) is 12.7 Å². The molecule has 70 valence electrons. The fourth-order valence-electron chi connectivity index (χ4n) is 0.854. The SMILES string of the molecule is CC(C)C(=O)Cn1ccncc1=O. The molecular formula is C9H12N2O2. The molecule has 0 bridgehead atoms. The van der Waals surface area contributed by atoms with E-state index in [9.17, 15) is 9.59 Å². The van der Waals surface area contributed by atoms with Crippen molar-refractivity contribution in [2.75, 3.05) is 0 Å². The quantitative estimate of drug-likeness (QED) is 0.679. The van der Waals surface area contributed by atoms with Crippen molar-refractivity contribution in [3.05, 3.63) is 28.9 Å². The van der Waals surface area contributed by atoms with Crippen LogP contribution < -0.4 is 5.56 Å². The zero-order valence-electron chi connectivity index (χ0n) is 7.73. The molecular weight excluding hydrogens is 168 g/mol. The molecule has 0 atom stereocenters. The van der Waals surface area contributed by atoms with E-state index in [4.69, 9.17) is 0 Å². The lowest BCUT2D eigenvalue weighted by Crippen LogP contribution is -2.25. The van der Waals surface area contributed by atoms with Crippen molar-refractivity contribution in [1.82, 2.24) is 9.55 Å². The Morgan fingerprint density at radius 1 is 1.62 bits per heavy atom. The maximum absolute atomic E-state index is 11.3. The monoisotopic (exact) mass is 180 g/mol. The average molecular weight is 180 g/mol. The molecule has 0 saturated carbocycles. The Balaban J connectivity index is 2.81. The summed E-state index contributed by atoms with van der Waals surface area (Å²) in [5.74, 6) is 0.00775. The zero-order valence-corrected chi connectivity index (χ0v) is 7.73. The fourth-order valence-corrected chi connectivity index (χ4v) is 0.854. The van der Waals surface area contributed by atoms with Gasteiger partial charge in [-0.05, 0) is 0 Å². The molecule has 0 amide bonds. The lowest BCUT2D eigenvalue weighted by atomic mass is 10.1. The summed E-state index contributed by atoms with van der Waals surface area (Å²) in [6, 6.07) is 0. The average Bonchev–Trinajstić information content (AvgIpc) is 2.08. The summed E-state index contributed by atoms with van der Waals surface area (Å²) in [6.45, 7) is 3.77. The fraction of sp³-hybridized carbons (Fsp3) is 0.444. The van der Waals surface area contributed by atoms with Gasteiger partial charge in [-0.25, -0.2) is 0 Å². The van der Waals surface area contributed by atoms with Crippen LogP contribution in [0.2, 0.25) is 0 Å². The van der Waals surface area contributed by atoms with Crippen molar-refractivity contribution in [3.8, 4) is 0 Å². The van der Waals surface area contributed by atoms with Gasteiger partial charge in [0, 0.05) is 18.3 Å². The Morgan fingerprint density at radius 3 is 2.85 bits per heavy atom. The Labute approximate surface area is 76.2 Å². The first kappa shape index (κ1) is 9.64. The van der Waals surface area contributed by atoms with Crippen LogP contribution in [0.1, 0.15) is 13.8 Å². The number of rotatable bonds is 3. The van der Waals surface area contributed by atoms with Crippen LogP contribution in [0.15, 0.2) is 23.4 Å². The lowest BCUT2D eigenvalue weighted by molar-refractivity contribution is -0.122. The molecule has 1 aromatic heterocycles. The summed E-state index contributed by atoms with van der Waals surface area (Å²) < 4.78 is 1.36. The zero-order chi connectivity index (χ0) is 9.84. The van der Waals surface area contributed by atoms with Crippen LogP contribution in [0.25, 0.3) is 0 Å². The number of hydrogen-bond acceptors (Lipinski definition) is 3. The number of ketones is 1. The Bertz CT molecular complexity index is 355. The second kappa shape index (κ2) is 3.98. The van der Waals surface area contributed by atoms with Crippen LogP contribution in [-0.2, 0) is 11.3 Å². The normalized spacial score (nSPS) is 10.4. The van der Waals surface area contributed by atoms with Crippen molar-refractivity contribution in [2.45, 2.75) is 20.4 Å². The van der Waals surface area contributed by atoms with E-state index in [1.54, 1.807) is 0 Å². The molecule has 4 heteroatoms. The maximum Gasteiger partial charge on any atom is 0.269 e. The highest BCUT2D eigenvalue weighted by molar-refractivity contribution is 5.80. The summed E-state index contributed by atoms with van der Waals surface area (Å²) in [5, 5.41) is 0. The number of carbonyl (C=O) groups excluding carboxylic acids is 1. The molecule has 0 aromatic carbocycles. The van der Waals surface area contributed by atoms with Crippen molar-refractivity contribution >= 4 is 5.78 Å². The van der Waals surface area contributed by atoms with Gasteiger partial charge in [0.2, 0.25) is 0 Å². The van der Waals surface area contributed by atoms with Gasteiger partial charge in [-0.3, -0.25) is 14.6 Å². The largest absolute Gasteiger partial charge is 0.305 e. The molecule has 0 aliphatic rings. The number of carbonyl (C=O) groups is 1. The third-order valence-corrected chi connectivity index (χ3v) is 1.77. The third kappa shape index (κ3) is 2.50. The van der Waals surface area contributed by atoms with Gasteiger partial charge in [-0.15, -0.1) is 0 Å². The first-order valence-corrected chi connectivity index (χ1v) is 4.14. The van der Waals surface area contributed by atoms with E-state index >= 15 is 0 Å². The third-order valence-electron chi connectivity index (χ3n) is 1.77. The van der Waals surface area contributed by atoms with Gasteiger partial charge in [-0.1, -0.05) is 13.8 Å². The highest BCUT2D eigenvalue weighted by Gasteiger charge is 2.07. The van der Waals surface area contributed by atoms with Crippen molar-refractivity contribution in [1.29, 1.82) is 0 Å². The smallest absolute Gasteiger partial charge is 0.269 e. The molecule has 0 N–H and O–H groups in total. The standard InChI is InChI=1S/C9H12N2O2/c1-7(2)8(12)6-11-4-3-10-5-9(11)13/h3-5,7H,6H2,1-2H3. The van der Waals surface area contributed by atoms with Gasteiger partial charge >= 0.3 is 0 Å². The highest BCUT2D eigenvalue weighted by atomic mass is 16.1. The Hall–Kier alpha value is -1.45. The summed E-state index contributed by atoms with van der Waals surface area (Å²) in [6.07, 6.45) is 4.21. The van der Waals surface area contributed by atoms with E-state index < -0.39 is 0 Å². The number of nitrogens with zero attached hydrogens (tertiary/aromatic N) is 2. The molecule has 1 heterocycles. The predicted molar refractivity (Wildman–Crippen MR) is 48.3 cm³/mol. The van der Waals surface area contributed by atoms with Crippen LogP contribution in [0.5, 0.6) is 0 Å². The summed E-state index contributed by atoms with van der Waals surface area (Å²) in [7, 11) is 0. The van der Waals surface area contributed by atoms with E-state index in [0.29, 0.717) is 0 Å². The first-order valence-electron chi connectivity index (χ1n) is 4.14. The summed E-state index contributed by atoms with van der Waals surface area (Å²) >= 11 is 0. The van der Waals surface area contributed by atoms with E-state index in [0.717, 1.165) is 0 Å². The van der Waals surface area contributed by atoms with E-state index in [-0.39, 0.29) is 23.8 Å². The lowest BCUT2D eigenvalue weighted by Gasteiger charge is -2.05. The van der Waals surface area contributed by atoms with Crippen LogP contribution in [0.4, 0.5) is 0 Å². The minimum atomic E-state index is -0.239. The summed E-state index contributed by atoms with van der Waals surface area (Å²) in [5.41, 5.74) is -0.239. The van der Waals surface area contributed by atoms with Crippen molar-refractivity contribution in [2.24, 2.45) is 5.92 Å². The predicted octanol–water partition coefficient (Wildman–Crippen LogP) is 0.468. The minimum absolute atomic E-state index is 0.0416. The molecule has 1 aromatic rings. The molecule has 0 aliphatic carbocycles. The summed E-state index contributed by atoms with van der Waals surface area (Å²) in [4.78, 5) is 26.1. The number of aromatic nitrogens is 2. The molecule has 4 nitrogen and oxygen atoms in total. The Morgan fingerprint density at radius 2 is 2.31 bits per heavy atom. The van der Waals surface area contributed by atoms with Crippen molar-refractivity contribution in [3.63, 3.8) is 0 Å². The molecule has 0 unspecified atom stereocenters. The van der Waals surface area contributed by atoms with Gasteiger partial charge < -0.3 is 4.57 Å². The second-order valence-electron chi connectivity index (χ2n) is 3.16. The minimum Gasteiger partial charge on any atom is -0.305 e. The molecule has 13 heavy (non-hydrogen) atoms. The molecule has 0 radical (unpaired) electrons. The molecule has 1 rings (SSSR count). The van der Waals surface area contributed by atoms with E-state index in [1.165, 1.54) is 23.2 Å². The number of hydrogen-bond donors (Lipinski definition) is 0.